The lowest BCUT2D eigenvalue weighted by Gasteiger charge is -2.23. The zero-order valence-electron chi connectivity index (χ0n) is 14.6. The number of carbonyl (C=O) groups excluding carboxylic acids is 1. The van der Waals surface area contributed by atoms with E-state index in [4.69, 9.17) is 10.5 Å². The zero-order valence-corrected chi connectivity index (χ0v) is 14.6. The van der Waals surface area contributed by atoms with Crippen molar-refractivity contribution in [2.24, 2.45) is 5.73 Å². The number of benzene rings is 2. The molecule has 0 unspecified atom stereocenters. The fourth-order valence-corrected chi connectivity index (χ4v) is 2.65. The quantitative estimate of drug-likeness (QED) is 0.760. The number of hydrogen-bond acceptors (Lipinski definition) is 3. The minimum atomic E-state index is -0.406. The van der Waals surface area contributed by atoms with E-state index < -0.39 is 5.82 Å². The molecule has 0 aliphatic carbocycles. The number of ether oxygens (including phenoxy) is 1. The highest BCUT2D eigenvalue weighted by molar-refractivity contribution is 5.76. The van der Waals surface area contributed by atoms with Crippen LogP contribution in [0, 0.1) is 5.82 Å². The Labute approximate surface area is 148 Å². The van der Waals surface area contributed by atoms with E-state index in [0.29, 0.717) is 32.5 Å². The third-order valence-corrected chi connectivity index (χ3v) is 4.04. The summed E-state index contributed by atoms with van der Waals surface area (Å²) in [4.78, 5) is 14.4. The molecule has 1 amide bonds. The van der Waals surface area contributed by atoms with Crippen LogP contribution in [0.1, 0.15) is 24.0 Å². The maximum absolute atomic E-state index is 13.8. The molecule has 5 heteroatoms. The van der Waals surface area contributed by atoms with E-state index in [9.17, 15) is 9.18 Å². The summed E-state index contributed by atoms with van der Waals surface area (Å²) in [6.07, 6.45) is 1.59. The lowest BCUT2D eigenvalue weighted by atomic mass is 10.1. The predicted octanol–water partition coefficient (Wildman–Crippen LogP) is 3.14. The minimum absolute atomic E-state index is 0.0496. The Balaban J connectivity index is 1.97. The second kappa shape index (κ2) is 9.79. The number of amides is 1. The minimum Gasteiger partial charge on any atom is -0.494 e. The molecule has 0 aliphatic rings. The van der Waals surface area contributed by atoms with Crippen LogP contribution in [0.4, 0.5) is 4.39 Å². The normalized spacial score (nSPS) is 10.5. The van der Waals surface area contributed by atoms with E-state index in [1.54, 1.807) is 12.1 Å². The largest absolute Gasteiger partial charge is 0.494 e. The van der Waals surface area contributed by atoms with Crippen molar-refractivity contribution in [3.63, 3.8) is 0 Å². The van der Waals surface area contributed by atoms with E-state index in [0.717, 1.165) is 17.5 Å². The van der Waals surface area contributed by atoms with E-state index in [2.05, 4.69) is 0 Å². The lowest BCUT2D eigenvalue weighted by Crippen LogP contribution is -2.32. The van der Waals surface area contributed by atoms with E-state index in [1.807, 2.05) is 35.2 Å². The average Bonchev–Trinajstić information content (AvgIpc) is 2.64. The van der Waals surface area contributed by atoms with Crippen LogP contribution in [-0.4, -0.2) is 31.0 Å². The molecule has 0 radical (unpaired) electrons. The molecule has 2 aromatic carbocycles. The maximum atomic E-state index is 13.8. The van der Waals surface area contributed by atoms with Gasteiger partial charge in [0.25, 0.3) is 0 Å². The molecule has 2 N–H and O–H groups in total. The highest BCUT2D eigenvalue weighted by Crippen LogP contribution is 2.19. The van der Waals surface area contributed by atoms with Gasteiger partial charge < -0.3 is 15.4 Å². The van der Waals surface area contributed by atoms with Gasteiger partial charge in [-0.2, -0.15) is 0 Å². The molecule has 0 atom stereocenters. The Bertz CT molecular complexity index is 677. The Morgan fingerprint density at radius 2 is 1.92 bits per heavy atom. The summed E-state index contributed by atoms with van der Waals surface area (Å²) in [5, 5.41) is 0. The standard InChI is InChI=1S/C20H25FN2O2/c1-25-19-10-8-16(14-18(19)21)9-11-20(24)23(13-5-12-22)15-17-6-3-2-4-7-17/h2-4,6-8,10,14H,5,9,11-13,15,22H2,1H3. The molecule has 0 spiro atoms. The summed E-state index contributed by atoms with van der Waals surface area (Å²) < 4.78 is 18.7. The molecule has 0 fully saturated rings. The van der Waals surface area contributed by atoms with Gasteiger partial charge in [0.1, 0.15) is 0 Å². The van der Waals surface area contributed by atoms with Crippen molar-refractivity contribution in [2.45, 2.75) is 25.8 Å². The predicted molar refractivity (Wildman–Crippen MR) is 96.8 cm³/mol. The Kier molecular flexibility index (Phi) is 7.41. The highest BCUT2D eigenvalue weighted by Gasteiger charge is 2.14. The van der Waals surface area contributed by atoms with Crippen molar-refractivity contribution in [1.82, 2.24) is 4.90 Å². The highest BCUT2D eigenvalue weighted by atomic mass is 19.1. The van der Waals surface area contributed by atoms with Gasteiger partial charge in [0.05, 0.1) is 7.11 Å². The Morgan fingerprint density at radius 1 is 1.16 bits per heavy atom. The van der Waals surface area contributed by atoms with Gasteiger partial charge in [-0.1, -0.05) is 36.4 Å². The average molecular weight is 344 g/mol. The van der Waals surface area contributed by atoms with Crippen LogP contribution in [0.15, 0.2) is 48.5 Å². The first-order chi connectivity index (χ1) is 12.1. The van der Waals surface area contributed by atoms with Crippen molar-refractivity contribution >= 4 is 5.91 Å². The molecule has 4 nitrogen and oxygen atoms in total. The van der Waals surface area contributed by atoms with Gasteiger partial charge in [0.15, 0.2) is 11.6 Å². The summed E-state index contributed by atoms with van der Waals surface area (Å²) in [7, 11) is 1.43. The monoisotopic (exact) mass is 344 g/mol. The van der Waals surface area contributed by atoms with Crippen LogP contribution in [0.5, 0.6) is 5.75 Å². The number of halogens is 1. The second-order valence-corrected chi connectivity index (χ2v) is 5.91. The summed E-state index contributed by atoms with van der Waals surface area (Å²) in [6.45, 7) is 1.74. The van der Waals surface area contributed by atoms with Crippen LogP contribution in [0.2, 0.25) is 0 Å². The molecule has 0 saturated heterocycles. The van der Waals surface area contributed by atoms with Crippen molar-refractivity contribution in [1.29, 1.82) is 0 Å². The van der Waals surface area contributed by atoms with Crippen LogP contribution in [0.3, 0.4) is 0 Å². The molecule has 0 bridgehead atoms. The molecule has 2 aromatic rings. The summed E-state index contributed by atoms with van der Waals surface area (Å²) in [6, 6.07) is 14.7. The Hall–Kier alpha value is -2.40. The first kappa shape index (κ1) is 18.9. The molecule has 25 heavy (non-hydrogen) atoms. The molecule has 0 saturated carbocycles. The third-order valence-electron chi connectivity index (χ3n) is 4.04. The summed E-state index contributed by atoms with van der Waals surface area (Å²) in [5.41, 5.74) is 7.46. The van der Waals surface area contributed by atoms with Crippen molar-refractivity contribution in [3.05, 3.63) is 65.5 Å². The molecule has 0 aromatic heterocycles. The van der Waals surface area contributed by atoms with E-state index in [1.165, 1.54) is 13.2 Å². The van der Waals surface area contributed by atoms with Gasteiger partial charge in [-0.15, -0.1) is 0 Å². The first-order valence-corrected chi connectivity index (χ1v) is 8.48. The van der Waals surface area contributed by atoms with Gasteiger partial charge >= 0.3 is 0 Å². The summed E-state index contributed by atoms with van der Waals surface area (Å²) in [5.74, 6) is -0.144. The molecule has 134 valence electrons. The van der Waals surface area contributed by atoms with Gasteiger partial charge in [-0.25, -0.2) is 4.39 Å². The van der Waals surface area contributed by atoms with Gasteiger partial charge in [-0.3, -0.25) is 4.79 Å². The second-order valence-electron chi connectivity index (χ2n) is 5.91. The Morgan fingerprint density at radius 3 is 2.56 bits per heavy atom. The number of rotatable bonds is 9. The molecule has 2 rings (SSSR count). The molecule has 0 aliphatic heterocycles. The number of carbonyl (C=O) groups is 1. The number of methoxy groups -OCH3 is 1. The van der Waals surface area contributed by atoms with Crippen LogP contribution in [-0.2, 0) is 17.8 Å². The zero-order chi connectivity index (χ0) is 18.1. The number of aryl methyl sites for hydroxylation is 1. The van der Waals surface area contributed by atoms with Crippen molar-refractivity contribution < 1.29 is 13.9 Å². The smallest absolute Gasteiger partial charge is 0.223 e. The van der Waals surface area contributed by atoms with Gasteiger partial charge in [-0.05, 0) is 42.6 Å². The topological polar surface area (TPSA) is 55.6 Å². The van der Waals surface area contributed by atoms with Crippen molar-refractivity contribution in [3.8, 4) is 5.75 Å². The number of hydrogen-bond donors (Lipinski definition) is 1. The third kappa shape index (κ3) is 5.87. The fourth-order valence-electron chi connectivity index (χ4n) is 2.65. The maximum Gasteiger partial charge on any atom is 0.223 e. The SMILES string of the molecule is COc1ccc(CCC(=O)N(CCCN)Cc2ccccc2)cc1F. The van der Waals surface area contributed by atoms with E-state index in [-0.39, 0.29) is 11.7 Å². The van der Waals surface area contributed by atoms with Crippen LogP contribution >= 0.6 is 0 Å². The van der Waals surface area contributed by atoms with Crippen LogP contribution < -0.4 is 10.5 Å². The molecular formula is C20H25FN2O2. The molecular weight excluding hydrogens is 319 g/mol. The first-order valence-electron chi connectivity index (χ1n) is 8.48. The number of nitrogens with two attached hydrogens (primary N) is 1. The van der Waals surface area contributed by atoms with Gasteiger partial charge in [0, 0.05) is 19.5 Å². The van der Waals surface area contributed by atoms with E-state index >= 15 is 0 Å². The summed E-state index contributed by atoms with van der Waals surface area (Å²) >= 11 is 0. The van der Waals surface area contributed by atoms with Crippen LogP contribution in [0.25, 0.3) is 0 Å². The fraction of sp³-hybridized carbons (Fsp3) is 0.350. The lowest BCUT2D eigenvalue weighted by molar-refractivity contribution is -0.131. The van der Waals surface area contributed by atoms with Gasteiger partial charge in [0.2, 0.25) is 5.91 Å². The van der Waals surface area contributed by atoms with Crippen molar-refractivity contribution in [2.75, 3.05) is 20.2 Å². The molecule has 0 heterocycles. The number of nitrogens with zero attached hydrogens (tertiary/aromatic N) is 1.